The SMILES string of the molecule is CC(C)CC(=O)OC1[C@@]2(C)O[C@@H](c3ccc4c(N)ncnn34)[C@H](O)[C@@]12O. The molecule has 2 aromatic heterocycles. The van der Waals surface area contributed by atoms with Gasteiger partial charge in [0, 0.05) is 6.42 Å². The Labute approximate surface area is 149 Å². The number of aliphatic hydroxyl groups is 2. The van der Waals surface area contributed by atoms with Crippen LogP contribution in [0.25, 0.3) is 5.52 Å². The van der Waals surface area contributed by atoms with Crippen molar-refractivity contribution in [3.63, 3.8) is 0 Å². The van der Waals surface area contributed by atoms with Gasteiger partial charge in [-0.3, -0.25) is 4.79 Å². The number of nitrogens with two attached hydrogens (primary N) is 1. The lowest BCUT2D eigenvalue weighted by atomic mass is 10.0. The molecule has 1 aliphatic heterocycles. The largest absolute Gasteiger partial charge is 0.456 e. The zero-order valence-electron chi connectivity index (χ0n) is 14.8. The van der Waals surface area contributed by atoms with E-state index in [-0.39, 0.29) is 12.3 Å². The number of rotatable bonds is 4. The van der Waals surface area contributed by atoms with Gasteiger partial charge in [-0.2, -0.15) is 5.10 Å². The number of ether oxygens (including phenoxy) is 2. The minimum atomic E-state index is -1.66. The molecule has 9 nitrogen and oxygen atoms in total. The third kappa shape index (κ3) is 2.11. The Morgan fingerprint density at radius 3 is 2.85 bits per heavy atom. The van der Waals surface area contributed by atoms with Crippen molar-refractivity contribution in [2.75, 3.05) is 5.73 Å². The fraction of sp³-hybridized carbons (Fsp3) is 0.588. The topological polar surface area (TPSA) is 132 Å². The first-order chi connectivity index (χ1) is 12.2. The molecule has 0 bridgehead atoms. The van der Waals surface area contributed by atoms with Crippen LogP contribution in [0.5, 0.6) is 0 Å². The van der Waals surface area contributed by atoms with Crippen molar-refractivity contribution in [1.29, 1.82) is 0 Å². The Bertz CT molecular complexity index is 883. The fourth-order valence-corrected chi connectivity index (χ4v) is 3.85. The zero-order valence-corrected chi connectivity index (χ0v) is 14.8. The van der Waals surface area contributed by atoms with Gasteiger partial charge < -0.3 is 25.4 Å². The van der Waals surface area contributed by atoms with E-state index in [4.69, 9.17) is 15.2 Å². The maximum atomic E-state index is 11.9. The highest BCUT2D eigenvalue weighted by Crippen LogP contribution is 2.64. The molecule has 2 aliphatic rings. The van der Waals surface area contributed by atoms with E-state index in [1.165, 1.54) is 10.8 Å². The van der Waals surface area contributed by atoms with Crippen molar-refractivity contribution in [3.05, 3.63) is 24.2 Å². The smallest absolute Gasteiger partial charge is 0.306 e. The molecule has 3 heterocycles. The molecule has 4 rings (SSSR count). The number of nitrogen functional groups attached to an aromatic ring is 1. The van der Waals surface area contributed by atoms with Crippen LogP contribution in [0.4, 0.5) is 5.82 Å². The van der Waals surface area contributed by atoms with E-state index in [2.05, 4.69) is 10.1 Å². The Kier molecular flexibility index (Phi) is 3.56. The van der Waals surface area contributed by atoms with Crippen LogP contribution in [0.1, 0.15) is 39.0 Å². The highest BCUT2D eigenvalue weighted by atomic mass is 16.6. The van der Waals surface area contributed by atoms with Gasteiger partial charge in [0.15, 0.2) is 17.5 Å². The van der Waals surface area contributed by atoms with Crippen LogP contribution < -0.4 is 5.73 Å². The number of aliphatic hydroxyl groups excluding tert-OH is 1. The van der Waals surface area contributed by atoms with E-state index in [1.807, 2.05) is 13.8 Å². The molecule has 9 heteroatoms. The Morgan fingerprint density at radius 2 is 2.23 bits per heavy atom. The van der Waals surface area contributed by atoms with Crippen LogP contribution in [0.2, 0.25) is 0 Å². The molecular formula is C17H22N4O5. The lowest BCUT2D eigenvalue weighted by Gasteiger charge is -2.23. The van der Waals surface area contributed by atoms with Gasteiger partial charge in [-0.15, -0.1) is 0 Å². The molecule has 0 spiro atoms. The summed E-state index contributed by atoms with van der Waals surface area (Å²) in [6.07, 6.45) is -1.47. The maximum Gasteiger partial charge on any atom is 0.306 e. The summed E-state index contributed by atoms with van der Waals surface area (Å²) >= 11 is 0. The second-order valence-corrected chi connectivity index (χ2v) is 7.58. The monoisotopic (exact) mass is 362 g/mol. The van der Waals surface area contributed by atoms with Crippen LogP contribution in [-0.4, -0.2) is 54.2 Å². The third-order valence-corrected chi connectivity index (χ3v) is 5.35. The number of carbonyl (C=O) groups is 1. The highest BCUT2D eigenvalue weighted by Gasteiger charge is 2.87. The van der Waals surface area contributed by atoms with E-state index in [9.17, 15) is 15.0 Å². The molecule has 1 aliphatic carbocycles. The van der Waals surface area contributed by atoms with Crippen LogP contribution in [0.15, 0.2) is 18.5 Å². The molecular weight excluding hydrogens is 340 g/mol. The molecule has 2 fully saturated rings. The molecule has 0 amide bonds. The third-order valence-electron chi connectivity index (χ3n) is 5.35. The van der Waals surface area contributed by atoms with Gasteiger partial charge in [-0.25, -0.2) is 9.50 Å². The normalized spacial score (nSPS) is 35.7. The predicted octanol–water partition coefficient (Wildman–Crippen LogP) is 0.205. The highest BCUT2D eigenvalue weighted by molar-refractivity contribution is 5.71. The van der Waals surface area contributed by atoms with Crippen molar-refractivity contribution in [1.82, 2.24) is 14.6 Å². The summed E-state index contributed by atoms with van der Waals surface area (Å²) in [5, 5.41) is 25.8. The van der Waals surface area contributed by atoms with Gasteiger partial charge in [0.25, 0.3) is 0 Å². The second-order valence-electron chi connectivity index (χ2n) is 7.58. The molecule has 1 saturated carbocycles. The number of esters is 1. The molecule has 26 heavy (non-hydrogen) atoms. The van der Waals surface area contributed by atoms with Crippen LogP contribution in [0.3, 0.4) is 0 Å². The van der Waals surface area contributed by atoms with Gasteiger partial charge >= 0.3 is 5.97 Å². The zero-order chi connectivity index (χ0) is 18.9. The van der Waals surface area contributed by atoms with Crippen molar-refractivity contribution in [2.24, 2.45) is 5.92 Å². The fourth-order valence-electron chi connectivity index (χ4n) is 3.85. The average molecular weight is 362 g/mol. The number of fused-ring (bicyclic) bond motifs is 2. The molecule has 1 unspecified atom stereocenters. The van der Waals surface area contributed by atoms with Crippen molar-refractivity contribution < 1.29 is 24.5 Å². The summed E-state index contributed by atoms with van der Waals surface area (Å²) in [5.41, 5.74) is 4.11. The number of carbonyl (C=O) groups excluding carboxylic acids is 1. The molecule has 5 atom stereocenters. The molecule has 140 valence electrons. The maximum absolute atomic E-state index is 11.9. The summed E-state index contributed by atoms with van der Waals surface area (Å²) in [4.78, 5) is 15.9. The first-order valence-corrected chi connectivity index (χ1v) is 8.56. The number of aromatic nitrogens is 3. The Morgan fingerprint density at radius 1 is 1.50 bits per heavy atom. The number of anilines is 1. The molecule has 4 N–H and O–H groups in total. The standard InChI is InChI=1S/C17H22N4O5/c1-8(2)6-11(22)25-15-16(3)17(15,24)13(23)12(26-16)9-4-5-10-14(18)19-7-20-21(9)10/h4-5,7-8,12-13,15,23-24H,6H2,1-3H3,(H2,18,19,20)/t12-,13-,15?,16+,17+/m0/s1. The number of hydrogen-bond acceptors (Lipinski definition) is 8. The number of hydrogen-bond donors (Lipinski definition) is 3. The Balaban J connectivity index is 1.59. The summed E-state index contributed by atoms with van der Waals surface area (Å²) in [5.74, 6) is 0.0173. The van der Waals surface area contributed by atoms with Crippen LogP contribution in [-0.2, 0) is 14.3 Å². The van der Waals surface area contributed by atoms with E-state index in [1.54, 1.807) is 19.1 Å². The van der Waals surface area contributed by atoms with Crippen LogP contribution in [0, 0.1) is 5.92 Å². The summed E-state index contributed by atoms with van der Waals surface area (Å²) in [7, 11) is 0. The van der Waals surface area contributed by atoms with E-state index in [0.29, 0.717) is 17.0 Å². The lowest BCUT2D eigenvalue weighted by Crippen LogP contribution is -2.36. The predicted molar refractivity (Wildman–Crippen MR) is 89.9 cm³/mol. The van der Waals surface area contributed by atoms with E-state index >= 15 is 0 Å². The molecule has 0 aromatic carbocycles. The first kappa shape index (κ1) is 17.2. The molecule has 2 aromatic rings. The van der Waals surface area contributed by atoms with Crippen LogP contribution >= 0.6 is 0 Å². The van der Waals surface area contributed by atoms with E-state index in [0.717, 1.165) is 0 Å². The van der Waals surface area contributed by atoms with Gasteiger partial charge in [-0.1, -0.05) is 13.8 Å². The quantitative estimate of drug-likeness (QED) is 0.657. The minimum absolute atomic E-state index is 0.138. The van der Waals surface area contributed by atoms with E-state index < -0.39 is 35.5 Å². The first-order valence-electron chi connectivity index (χ1n) is 8.56. The molecule has 1 saturated heterocycles. The minimum Gasteiger partial charge on any atom is -0.456 e. The van der Waals surface area contributed by atoms with Crippen molar-refractivity contribution in [2.45, 2.75) is 56.7 Å². The summed E-state index contributed by atoms with van der Waals surface area (Å²) < 4.78 is 12.8. The van der Waals surface area contributed by atoms with Crippen molar-refractivity contribution >= 4 is 17.3 Å². The summed E-state index contributed by atoms with van der Waals surface area (Å²) in [6.45, 7) is 5.43. The van der Waals surface area contributed by atoms with Gasteiger partial charge in [0.1, 0.15) is 29.7 Å². The average Bonchev–Trinajstić information content (AvgIpc) is 2.89. The van der Waals surface area contributed by atoms with Gasteiger partial charge in [-0.05, 0) is 25.0 Å². The second kappa shape index (κ2) is 5.38. The van der Waals surface area contributed by atoms with Gasteiger partial charge in [0.05, 0.1) is 5.69 Å². The van der Waals surface area contributed by atoms with Crippen molar-refractivity contribution in [3.8, 4) is 0 Å². The Hall–Kier alpha value is -2.23. The van der Waals surface area contributed by atoms with Gasteiger partial charge in [0.2, 0.25) is 0 Å². The molecule has 0 radical (unpaired) electrons. The lowest BCUT2D eigenvalue weighted by molar-refractivity contribution is -0.157. The summed E-state index contributed by atoms with van der Waals surface area (Å²) in [6, 6.07) is 3.43. The number of nitrogens with zero attached hydrogens (tertiary/aromatic N) is 3.